The average molecular weight is 192 g/mol. The third-order valence-electron chi connectivity index (χ3n) is 2.37. The molecular weight excluding hydrogens is 176 g/mol. The van der Waals surface area contributed by atoms with Crippen molar-refractivity contribution in [3.8, 4) is 5.75 Å². The third kappa shape index (κ3) is 1.79. The van der Waals surface area contributed by atoms with Crippen LogP contribution in [0.2, 0.25) is 0 Å². The Morgan fingerprint density at radius 2 is 1.93 bits per heavy atom. The van der Waals surface area contributed by atoms with Crippen molar-refractivity contribution in [3.05, 3.63) is 28.3 Å². The highest BCUT2D eigenvalue weighted by molar-refractivity contribution is 5.81. The van der Waals surface area contributed by atoms with E-state index in [1.807, 2.05) is 33.8 Å². The van der Waals surface area contributed by atoms with Gasteiger partial charge in [-0.2, -0.15) is 0 Å². The van der Waals surface area contributed by atoms with Crippen LogP contribution in [-0.4, -0.2) is 12.9 Å². The highest BCUT2D eigenvalue weighted by Crippen LogP contribution is 2.27. The van der Waals surface area contributed by atoms with Crippen LogP contribution in [0.1, 0.15) is 34.0 Å². The molecule has 0 radical (unpaired) electrons. The maximum absolute atomic E-state index is 10.9. The molecule has 1 rings (SSSR count). The Hall–Kier alpha value is -1.31. The summed E-state index contributed by atoms with van der Waals surface area (Å²) in [5.41, 5.74) is 3.80. The molecule has 1 aromatic rings. The van der Waals surface area contributed by atoms with E-state index in [4.69, 9.17) is 4.74 Å². The summed E-state index contributed by atoms with van der Waals surface area (Å²) in [7, 11) is 0. The summed E-state index contributed by atoms with van der Waals surface area (Å²) in [6, 6.07) is 1.99. The van der Waals surface area contributed by atoms with Gasteiger partial charge in [-0.15, -0.1) is 0 Å². The van der Waals surface area contributed by atoms with Crippen LogP contribution in [0, 0.1) is 20.8 Å². The lowest BCUT2D eigenvalue weighted by Gasteiger charge is -2.13. The molecule has 14 heavy (non-hydrogen) atoms. The fourth-order valence-electron chi connectivity index (χ4n) is 1.73. The quantitative estimate of drug-likeness (QED) is 0.688. The molecule has 2 heteroatoms. The molecule has 0 heterocycles. The second-order valence-corrected chi connectivity index (χ2v) is 3.43. The minimum Gasteiger partial charge on any atom is -0.493 e. The Balaban J connectivity index is 3.35. The van der Waals surface area contributed by atoms with Crippen LogP contribution >= 0.6 is 0 Å². The summed E-state index contributed by atoms with van der Waals surface area (Å²) in [5, 5.41) is 0. The van der Waals surface area contributed by atoms with E-state index in [0.29, 0.717) is 6.61 Å². The van der Waals surface area contributed by atoms with Gasteiger partial charge in [0.25, 0.3) is 0 Å². The van der Waals surface area contributed by atoms with Crippen LogP contribution < -0.4 is 4.74 Å². The number of aldehydes is 1. The standard InChI is InChI=1S/C12H16O2/c1-5-14-12-9(3)6-8(2)11(7-13)10(12)4/h6-7H,5H2,1-4H3. The Morgan fingerprint density at radius 1 is 1.29 bits per heavy atom. The van der Waals surface area contributed by atoms with E-state index in [1.54, 1.807) is 0 Å². The first kappa shape index (κ1) is 10.8. The van der Waals surface area contributed by atoms with Gasteiger partial charge in [-0.25, -0.2) is 0 Å². The molecule has 76 valence electrons. The van der Waals surface area contributed by atoms with Crippen LogP contribution in [-0.2, 0) is 0 Å². The van der Waals surface area contributed by atoms with Gasteiger partial charge in [0.15, 0.2) is 6.29 Å². The molecule has 0 amide bonds. The van der Waals surface area contributed by atoms with Crippen LogP contribution in [0.3, 0.4) is 0 Å². The Morgan fingerprint density at radius 3 is 2.43 bits per heavy atom. The number of aryl methyl sites for hydroxylation is 2. The number of carbonyl (C=O) groups excluding carboxylic acids is 1. The zero-order valence-electron chi connectivity index (χ0n) is 9.18. The number of rotatable bonds is 3. The number of carbonyl (C=O) groups is 1. The van der Waals surface area contributed by atoms with Crippen molar-refractivity contribution in [2.45, 2.75) is 27.7 Å². The molecule has 0 unspecified atom stereocenters. The number of benzene rings is 1. The number of hydrogen-bond acceptors (Lipinski definition) is 2. The zero-order valence-corrected chi connectivity index (χ0v) is 9.18. The maximum atomic E-state index is 10.9. The first-order valence-corrected chi connectivity index (χ1v) is 4.80. The molecule has 0 aliphatic carbocycles. The van der Waals surface area contributed by atoms with Crippen molar-refractivity contribution in [3.63, 3.8) is 0 Å². The second-order valence-electron chi connectivity index (χ2n) is 3.43. The highest BCUT2D eigenvalue weighted by Gasteiger charge is 2.10. The summed E-state index contributed by atoms with van der Waals surface area (Å²) < 4.78 is 5.51. The summed E-state index contributed by atoms with van der Waals surface area (Å²) in [5.74, 6) is 0.847. The number of ether oxygens (including phenoxy) is 1. The fourth-order valence-corrected chi connectivity index (χ4v) is 1.73. The van der Waals surface area contributed by atoms with E-state index in [-0.39, 0.29) is 0 Å². The van der Waals surface area contributed by atoms with Gasteiger partial charge in [-0.1, -0.05) is 6.07 Å². The summed E-state index contributed by atoms with van der Waals surface area (Å²) >= 11 is 0. The Labute approximate surface area is 84.9 Å². The smallest absolute Gasteiger partial charge is 0.150 e. The summed E-state index contributed by atoms with van der Waals surface area (Å²) in [6.07, 6.45) is 0.895. The minimum absolute atomic E-state index is 0.628. The maximum Gasteiger partial charge on any atom is 0.150 e. The molecule has 2 nitrogen and oxygen atoms in total. The van der Waals surface area contributed by atoms with Crippen molar-refractivity contribution in [1.82, 2.24) is 0 Å². The SMILES string of the molecule is CCOc1c(C)cc(C)c(C=O)c1C. The molecule has 0 aliphatic heterocycles. The van der Waals surface area contributed by atoms with Gasteiger partial charge in [0.05, 0.1) is 6.61 Å². The molecule has 0 aromatic heterocycles. The monoisotopic (exact) mass is 192 g/mol. The van der Waals surface area contributed by atoms with Crippen LogP contribution in [0.4, 0.5) is 0 Å². The van der Waals surface area contributed by atoms with Gasteiger partial charge >= 0.3 is 0 Å². The van der Waals surface area contributed by atoms with Gasteiger partial charge in [0.1, 0.15) is 5.75 Å². The topological polar surface area (TPSA) is 26.3 Å². The van der Waals surface area contributed by atoms with Gasteiger partial charge < -0.3 is 4.74 Å². The summed E-state index contributed by atoms with van der Waals surface area (Å²) in [6.45, 7) is 8.44. The largest absolute Gasteiger partial charge is 0.493 e. The first-order valence-electron chi connectivity index (χ1n) is 4.80. The van der Waals surface area contributed by atoms with Crippen molar-refractivity contribution in [1.29, 1.82) is 0 Å². The van der Waals surface area contributed by atoms with Crippen molar-refractivity contribution >= 4 is 6.29 Å². The average Bonchev–Trinajstić information content (AvgIpc) is 2.12. The van der Waals surface area contributed by atoms with Crippen LogP contribution in [0.15, 0.2) is 6.07 Å². The molecule has 0 saturated heterocycles. The molecule has 0 saturated carbocycles. The molecule has 0 spiro atoms. The van der Waals surface area contributed by atoms with E-state index in [2.05, 4.69) is 0 Å². The van der Waals surface area contributed by atoms with Crippen molar-refractivity contribution in [2.75, 3.05) is 6.61 Å². The molecule has 0 atom stereocenters. The molecular formula is C12H16O2. The van der Waals surface area contributed by atoms with Crippen LogP contribution in [0.5, 0.6) is 5.75 Å². The lowest BCUT2D eigenvalue weighted by molar-refractivity contribution is 0.112. The van der Waals surface area contributed by atoms with Crippen molar-refractivity contribution in [2.24, 2.45) is 0 Å². The van der Waals surface area contributed by atoms with E-state index in [9.17, 15) is 4.79 Å². The Bertz CT molecular complexity index is 354. The van der Waals surface area contributed by atoms with Crippen LogP contribution in [0.25, 0.3) is 0 Å². The lowest BCUT2D eigenvalue weighted by atomic mass is 9.99. The lowest BCUT2D eigenvalue weighted by Crippen LogP contribution is -2.01. The second kappa shape index (κ2) is 4.27. The minimum atomic E-state index is 0.628. The van der Waals surface area contributed by atoms with E-state index in [0.717, 1.165) is 34.3 Å². The Kier molecular flexibility index (Phi) is 3.28. The summed E-state index contributed by atoms with van der Waals surface area (Å²) in [4.78, 5) is 10.9. The molecule has 0 bridgehead atoms. The van der Waals surface area contributed by atoms with Crippen molar-refractivity contribution < 1.29 is 9.53 Å². The third-order valence-corrected chi connectivity index (χ3v) is 2.37. The molecule has 0 aliphatic rings. The van der Waals surface area contributed by atoms with Gasteiger partial charge in [-0.05, 0) is 38.8 Å². The van der Waals surface area contributed by atoms with E-state index < -0.39 is 0 Å². The predicted octanol–water partition coefficient (Wildman–Crippen LogP) is 2.82. The molecule has 0 fully saturated rings. The zero-order chi connectivity index (χ0) is 10.7. The highest BCUT2D eigenvalue weighted by atomic mass is 16.5. The van der Waals surface area contributed by atoms with Gasteiger partial charge in [0, 0.05) is 11.1 Å². The van der Waals surface area contributed by atoms with Gasteiger partial charge in [-0.3, -0.25) is 4.79 Å². The number of hydrogen-bond donors (Lipinski definition) is 0. The molecule has 1 aromatic carbocycles. The first-order chi connectivity index (χ1) is 6.61. The van der Waals surface area contributed by atoms with Gasteiger partial charge in [0.2, 0.25) is 0 Å². The predicted molar refractivity (Wildman–Crippen MR) is 57.2 cm³/mol. The normalized spacial score (nSPS) is 10.0. The van der Waals surface area contributed by atoms with E-state index in [1.165, 1.54) is 0 Å². The molecule has 0 N–H and O–H groups in total. The fraction of sp³-hybridized carbons (Fsp3) is 0.417. The van der Waals surface area contributed by atoms with E-state index >= 15 is 0 Å².